The molecule has 0 saturated heterocycles. The number of nitrogens with two attached hydrogens (primary N) is 1. The summed E-state index contributed by atoms with van der Waals surface area (Å²) >= 11 is 0. The van der Waals surface area contributed by atoms with Gasteiger partial charge in [-0.05, 0) is 25.0 Å². The minimum absolute atomic E-state index is 0.0811. The van der Waals surface area contributed by atoms with Crippen LogP contribution in [0.25, 0.3) is 0 Å². The van der Waals surface area contributed by atoms with Gasteiger partial charge in [-0.3, -0.25) is 4.31 Å². The number of rotatable bonds is 1. The Morgan fingerprint density at radius 2 is 2.07 bits per heavy atom. The molecule has 76 valence electrons. The number of fused-ring (bicyclic) bond motifs is 1. The fourth-order valence-electron chi connectivity index (χ4n) is 1.92. The molecule has 1 atom stereocenters. The van der Waals surface area contributed by atoms with Crippen LogP contribution in [-0.2, 0) is 16.6 Å². The third kappa shape index (κ3) is 1.38. The summed E-state index contributed by atoms with van der Waals surface area (Å²) in [6.45, 7) is 1.85. The second-order valence-electron chi connectivity index (χ2n) is 3.52. The molecule has 1 aliphatic heterocycles. The van der Waals surface area contributed by atoms with Crippen LogP contribution in [0.2, 0.25) is 0 Å². The van der Waals surface area contributed by atoms with Crippen molar-refractivity contribution in [1.82, 2.24) is 0 Å². The van der Waals surface area contributed by atoms with Gasteiger partial charge < -0.3 is 0 Å². The van der Waals surface area contributed by atoms with Crippen molar-refractivity contribution >= 4 is 15.9 Å². The topological polar surface area (TPSA) is 63.4 Å². The summed E-state index contributed by atoms with van der Waals surface area (Å²) in [5.74, 6) is 0. The molecule has 1 aromatic rings. The van der Waals surface area contributed by atoms with E-state index < -0.39 is 10.2 Å². The van der Waals surface area contributed by atoms with Crippen molar-refractivity contribution in [3.8, 4) is 0 Å². The first-order valence-electron chi connectivity index (χ1n) is 4.40. The molecule has 2 N–H and O–H groups in total. The van der Waals surface area contributed by atoms with Crippen molar-refractivity contribution in [1.29, 1.82) is 0 Å². The number of benzene rings is 1. The zero-order valence-electron chi connectivity index (χ0n) is 7.84. The van der Waals surface area contributed by atoms with E-state index >= 15 is 0 Å². The van der Waals surface area contributed by atoms with Crippen molar-refractivity contribution in [2.75, 3.05) is 4.31 Å². The number of para-hydroxylation sites is 1. The number of nitrogens with zero attached hydrogens (tertiary/aromatic N) is 1. The zero-order valence-corrected chi connectivity index (χ0v) is 8.66. The number of hydrogen-bond donors (Lipinski definition) is 1. The monoisotopic (exact) mass is 212 g/mol. The molecule has 14 heavy (non-hydrogen) atoms. The van der Waals surface area contributed by atoms with Gasteiger partial charge in [0.25, 0.3) is 10.2 Å². The van der Waals surface area contributed by atoms with E-state index in [1.165, 1.54) is 4.31 Å². The smallest absolute Gasteiger partial charge is 0.255 e. The molecular formula is C9H12N2O2S. The number of anilines is 1. The maximum atomic E-state index is 11.3. The summed E-state index contributed by atoms with van der Waals surface area (Å²) in [5.41, 5.74) is 1.75. The summed E-state index contributed by atoms with van der Waals surface area (Å²) in [6.07, 6.45) is 0.729. The molecule has 4 nitrogen and oxygen atoms in total. The molecule has 0 amide bonds. The molecule has 0 bridgehead atoms. The van der Waals surface area contributed by atoms with Crippen molar-refractivity contribution in [3.05, 3.63) is 29.8 Å². The molecule has 0 radical (unpaired) electrons. The highest BCUT2D eigenvalue weighted by atomic mass is 32.2. The molecule has 1 aromatic carbocycles. The van der Waals surface area contributed by atoms with E-state index in [9.17, 15) is 8.42 Å². The highest BCUT2D eigenvalue weighted by Crippen LogP contribution is 2.32. The van der Waals surface area contributed by atoms with E-state index in [0.717, 1.165) is 12.0 Å². The SMILES string of the molecule is C[C@@H]1Cc2ccccc2N1S(N)(=O)=O. The molecule has 0 spiro atoms. The molecular weight excluding hydrogens is 200 g/mol. The van der Waals surface area contributed by atoms with Crippen LogP contribution in [0.15, 0.2) is 24.3 Å². The van der Waals surface area contributed by atoms with Gasteiger partial charge in [0, 0.05) is 6.04 Å². The minimum Gasteiger partial charge on any atom is -0.255 e. The minimum atomic E-state index is -3.63. The molecule has 0 unspecified atom stereocenters. The summed E-state index contributed by atoms with van der Waals surface area (Å²) < 4.78 is 23.9. The Bertz CT molecular complexity index is 456. The summed E-state index contributed by atoms with van der Waals surface area (Å²) in [7, 11) is -3.63. The maximum absolute atomic E-state index is 11.3. The third-order valence-electron chi connectivity index (χ3n) is 2.42. The Balaban J connectivity index is 2.56. The Morgan fingerprint density at radius 3 is 2.71 bits per heavy atom. The van der Waals surface area contributed by atoms with E-state index in [1.807, 2.05) is 25.1 Å². The van der Waals surface area contributed by atoms with Crippen LogP contribution in [0.1, 0.15) is 12.5 Å². The predicted molar refractivity (Wildman–Crippen MR) is 55.2 cm³/mol. The second kappa shape index (κ2) is 2.96. The van der Waals surface area contributed by atoms with Gasteiger partial charge in [-0.2, -0.15) is 8.42 Å². The van der Waals surface area contributed by atoms with Gasteiger partial charge in [0.2, 0.25) is 0 Å². The lowest BCUT2D eigenvalue weighted by atomic mass is 10.1. The Kier molecular flexibility index (Phi) is 2.01. The van der Waals surface area contributed by atoms with Crippen LogP contribution in [0.4, 0.5) is 5.69 Å². The largest absolute Gasteiger partial charge is 0.299 e. The number of hydrogen-bond acceptors (Lipinski definition) is 2. The van der Waals surface area contributed by atoms with Crippen LogP contribution >= 0.6 is 0 Å². The van der Waals surface area contributed by atoms with Crippen molar-refractivity contribution in [3.63, 3.8) is 0 Å². The summed E-state index contributed by atoms with van der Waals surface area (Å²) in [4.78, 5) is 0. The molecule has 1 aliphatic rings. The lowest BCUT2D eigenvalue weighted by Crippen LogP contribution is -2.40. The third-order valence-corrected chi connectivity index (χ3v) is 3.52. The first-order valence-corrected chi connectivity index (χ1v) is 5.90. The van der Waals surface area contributed by atoms with Crippen molar-refractivity contribution < 1.29 is 8.42 Å². The van der Waals surface area contributed by atoms with E-state index in [-0.39, 0.29) is 6.04 Å². The van der Waals surface area contributed by atoms with Crippen LogP contribution < -0.4 is 9.44 Å². The fourth-order valence-corrected chi connectivity index (χ4v) is 2.95. The maximum Gasteiger partial charge on any atom is 0.299 e. The van der Waals surface area contributed by atoms with Crippen LogP contribution in [0.5, 0.6) is 0 Å². The van der Waals surface area contributed by atoms with Crippen LogP contribution in [0.3, 0.4) is 0 Å². The van der Waals surface area contributed by atoms with E-state index in [0.29, 0.717) is 5.69 Å². The highest BCUT2D eigenvalue weighted by molar-refractivity contribution is 7.90. The van der Waals surface area contributed by atoms with Gasteiger partial charge in [0.15, 0.2) is 0 Å². The fraction of sp³-hybridized carbons (Fsp3) is 0.333. The molecule has 2 rings (SSSR count). The van der Waals surface area contributed by atoms with Crippen LogP contribution in [0, 0.1) is 0 Å². The van der Waals surface area contributed by atoms with Gasteiger partial charge in [-0.15, -0.1) is 0 Å². The molecule has 5 heteroatoms. The Hall–Kier alpha value is -1.07. The molecule has 0 aliphatic carbocycles. The van der Waals surface area contributed by atoms with Crippen molar-refractivity contribution in [2.24, 2.45) is 5.14 Å². The van der Waals surface area contributed by atoms with Crippen LogP contribution in [-0.4, -0.2) is 14.5 Å². The Labute approximate surface area is 83.5 Å². The van der Waals surface area contributed by atoms with E-state index in [1.54, 1.807) is 6.07 Å². The molecule has 0 saturated carbocycles. The summed E-state index contributed by atoms with van der Waals surface area (Å²) in [6, 6.07) is 7.34. The zero-order chi connectivity index (χ0) is 10.3. The second-order valence-corrected chi connectivity index (χ2v) is 4.95. The van der Waals surface area contributed by atoms with E-state index in [2.05, 4.69) is 0 Å². The van der Waals surface area contributed by atoms with Gasteiger partial charge >= 0.3 is 0 Å². The van der Waals surface area contributed by atoms with Gasteiger partial charge in [0.05, 0.1) is 5.69 Å². The van der Waals surface area contributed by atoms with Crippen molar-refractivity contribution in [2.45, 2.75) is 19.4 Å². The molecule has 1 heterocycles. The predicted octanol–water partition coefficient (Wildman–Crippen LogP) is 0.641. The normalized spacial score (nSPS) is 21.0. The summed E-state index contributed by atoms with van der Waals surface area (Å²) in [5, 5.41) is 5.14. The van der Waals surface area contributed by atoms with Gasteiger partial charge in [-0.25, -0.2) is 5.14 Å². The molecule has 0 aromatic heterocycles. The average molecular weight is 212 g/mol. The first-order chi connectivity index (χ1) is 6.50. The lowest BCUT2D eigenvalue weighted by molar-refractivity contribution is 0.586. The average Bonchev–Trinajstić information content (AvgIpc) is 2.38. The standard InChI is InChI=1S/C9H12N2O2S/c1-7-6-8-4-2-3-5-9(8)11(7)14(10,12)13/h2-5,7H,6H2,1H3,(H2,10,12,13)/t7-/m1/s1. The Morgan fingerprint density at radius 1 is 1.43 bits per heavy atom. The van der Waals surface area contributed by atoms with Gasteiger partial charge in [-0.1, -0.05) is 18.2 Å². The lowest BCUT2D eigenvalue weighted by Gasteiger charge is -2.21. The molecule has 0 fully saturated rings. The highest BCUT2D eigenvalue weighted by Gasteiger charge is 2.32. The van der Waals surface area contributed by atoms with E-state index in [4.69, 9.17) is 5.14 Å². The first kappa shape index (κ1) is 9.48. The van der Waals surface area contributed by atoms with Gasteiger partial charge in [0.1, 0.15) is 0 Å². The quantitative estimate of drug-likeness (QED) is 0.742.